The molecule has 0 saturated carbocycles. The van der Waals surface area contributed by atoms with Crippen LogP contribution in [0.4, 0.5) is 0 Å². The standard InChI is InChI=1S/C9H16ClN3/c1-3-4-5-8-12-9(10)7(6-11)13(8)2/h3-6,11H2,1-2H3. The third kappa shape index (κ3) is 2.23. The molecule has 0 aliphatic heterocycles. The summed E-state index contributed by atoms with van der Waals surface area (Å²) in [6.07, 6.45) is 3.29. The van der Waals surface area contributed by atoms with E-state index >= 15 is 0 Å². The molecule has 0 aliphatic rings. The van der Waals surface area contributed by atoms with Gasteiger partial charge in [-0.2, -0.15) is 0 Å². The van der Waals surface area contributed by atoms with Crippen molar-refractivity contribution < 1.29 is 0 Å². The number of hydrogen-bond acceptors (Lipinski definition) is 2. The number of imidazole rings is 1. The zero-order valence-electron chi connectivity index (χ0n) is 8.18. The van der Waals surface area contributed by atoms with E-state index < -0.39 is 0 Å². The third-order valence-electron chi connectivity index (χ3n) is 2.20. The third-order valence-corrected chi connectivity index (χ3v) is 2.51. The van der Waals surface area contributed by atoms with Crippen LogP contribution in [-0.2, 0) is 20.0 Å². The highest BCUT2D eigenvalue weighted by atomic mass is 35.5. The Hall–Kier alpha value is -0.540. The average molecular weight is 202 g/mol. The summed E-state index contributed by atoms with van der Waals surface area (Å²) in [7, 11) is 1.96. The van der Waals surface area contributed by atoms with Gasteiger partial charge in [0.2, 0.25) is 0 Å². The first-order valence-corrected chi connectivity index (χ1v) is 4.98. The number of hydrogen-bond donors (Lipinski definition) is 1. The Labute approximate surface area is 83.9 Å². The maximum atomic E-state index is 5.92. The Kier molecular flexibility index (Phi) is 3.75. The molecule has 1 aromatic rings. The van der Waals surface area contributed by atoms with Gasteiger partial charge in [0.05, 0.1) is 5.69 Å². The molecule has 0 aromatic carbocycles. The summed E-state index contributed by atoms with van der Waals surface area (Å²) >= 11 is 5.92. The number of halogens is 1. The second-order valence-electron chi connectivity index (χ2n) is 3.13. The molecule has 1 aromatic heterocycles. The molecular weight excluding hydrogens is 186 g/mol. The molecule has 1 heterocycles. The molecule has 0 aliphatic carbocycles. The minimum Gasteiger partial charge on any atom is -0.333 e. The van der Waals surface area contributed by atoms with Crippen LogP contribution in [0, 0.1) is 0 Å². The minimum atomic E-state index is 0.453. The van der Waals surface area contributed by atoms with Crippen LogP contribution in [0.15, 0.2) is 0 Å². The fourth-order valence-corrected chi connectivity index (χ4v) is 1.63. The Morgan fingerprint density at radius 2 is 2.23 bits per heavy atom. The Morgan fingerprint density at radius 3 is 2.69 bits per heavy atom. The molecule has 1 rings (SSSR count). The second kappa shape index (κ2) is 4.63. The van der Waals surface area contributed by atoms with Crippen molar-refractivity contribution in [3.63, 3.8) is 0 Å². The van der Waals surface area contributed by atoms with E-state index in [2.05, 4.69) is 11.9 Å². The quantitative estimate of drug-likeness (QED) is 0.809. The van der Waals surface area contributed by atoms with Gasteiger partial charge >= 0.3 is 0 Å². The van der Waals surface area contributed by atoms with Crippen molar-refractivity contribution >= 4 is 11.6 Å². The summed E-state index contributed by atoms with van der Waals surface area (Å²) in [6, 6.07) is 0. The Bertz CT molecular complexity index is 281. The van der Waals surface area contributed by atoms with Crippen LogP contribution in [0.1, 0.15) is 31.3 Å². The molecular formula is C9H16ClN3. The molecule has 0 radical (unpaired) electrons. The Morgan fingerprint density at radius 1 is 1.54 bits per heavy atom. The van der Waals surface area contributed by atoms with Gasteiger partial charge in [0.25, 0.3) is 0 Å². The number of nitrogens with two attached hydrogens (primary N) is 1. The fraction of sp³-hybridized carbons (Fsp3) is 0.667. The molecule has 0 spiro atoms. The van der Waals surface area contributed by atoms with E-state index in [-0.39, 0.29) is 0 Å². The molecule has 0 fully saturated rings. The highest BCUT2D eigenvalue weighted by molar-refractivity contribution is 6.30. The lowest BCUT2D eigenvalue weighted by molar-refractivity contribution is 0.694. The van der Waals surface area contributed by atoms with Crippen molar-refractivity contribution in [2.45, 2.75) is 32.7 Å². The Balaban J connectivity index is 2.83. The van der Waals surface area contributed by atoms with Gasteiger partial charge in [-0.3, -0.25) is 0 Å². The molecule has 0 amide bonds. The summed E-state index contributed by atoms with van der Waals surface area (Å²) in [6.45, 7) is 2.61. The van der Waals surface area contributed by atoms with Crippen molar-refractivity contribution in [1.29, 1.82) is 0 Å². The lowest BCUT2D eigenvalue weighted by Gasteiger charge is -2.02. The molecule has 0 atom stereocenters. The van der Waals surface area contributed by atoms with E-state index in [4.69, 9.17) is 17.3 Å². The predicted octanol–water partition coefficient (Wildman–Crippen LogP) is 1.87. The van der Waals surface area contributed by atoms with Crippen molar-refractivity contribution in [2.75, 3.05) is 0 Å². The molecule has 0 unspecified atom stereocenters. The van der Waals surface area contributed by atoms with Gasteiger partial charge in [-0.1, -0.05) is 24.9 Å². The van der Waals surface area contributed by atoms with Crippen LogP contribution < -0.4 is 5.73 Å². The van der Waals surface area contributed by atoms with E-state index in [1.54, 1.807) is 0 Å². The number of aromatic nitrogens is 2. The van der Waals surface area contributed by atoms with Crippen molar-refractivity contribution in [3.05, 3.63) is 16.7 Å². The number of rotatable bonds is 4. The van der Waals surface area contributed by atoms with Gasteiger partial charge in [-0.15, -0.1) is 0 Å². The highest BCUT2D eigenvalue weighted by Crippen LogP contribution is 2.16. The van der Waals surface area contributed by atoms with Crippen molar-refractivity contribution in [1.82, 2.24) is 9.55 Å². The van der Waals surface area contributed by atoms with Gasteiger partial charge < -0.3 is 10.3 Å². The first-order valence-electron chi connectivity index (χ1n) is 4.60. The van der Waals surface area contributed by atoms with Gasteiger partial charge in [-0.25, -0.2) is 4.98 Å². The molecule has 13 heavy (non-hydrogen) atoms. The van der Waals surface area contributed by atoms with Gasteiger partial charge in [0.1, 0.15) is 5.82 Å². The molecule has 2 N–H and O–H groups in total. The zero-order valence-corrected chi connectivity index (χ0v) is 8.93. The number of unbranched alkanes of at least 4 members (excludes halogenated alkanes) is 1. The van der Waals surface area contributed by atoms with Crippen LogP contribution in [-0.4, -0.2) is 9.55 Å². The molecule has 0 bridgehead atoms. The summed E-state index contributed by atoms with van der Waals surface area (Å²) < 4.78 is 2.00. The van der Waals surface area contributed by atoms with Crippen LogP contribution in [0.3, 0.4) is 0 Å². The smallest absolute Gasteiger partial charge is 0.151 e. The van der Waals surface area contributed by atoms with Gasteiger partial charge in [0, 0.05) is 20.0 Å². The SMILES string of the molecule is CCCCc1nc(Cl)c(CN)n1C. The maximum absolute atomic E-state index is 5.92. The lowest BCUT2D eigenvalue weighted by atomic mass is 10.2. The van der Waals surface area contributed by atoms with Crippen molar-refractivity contribution in [3.8, 4) is 0 Å². The normalized spacial score (nSPS) is 10.8. The summed E-state index contributed by atoms with van der Waals surface area (Å²) in [5.41, 5.74) is 6.47. The molecule has 0 saturated heterocycles. The van der Waals surface area contributed by atoms with E-state index in [0.29, 0.717) is 11.7 Å². The van der Waals surface area contributed by atoms with E-state index in [9.17, 15) is 0 Å². The molecule has 4 heteroatoms. The van der Waals surface area contributed by atoms with Crippen LogP contribution in [0.25, 0.3) is 0 Å². The van der Waals surface area contributed by atoms with E-state index in [0.717, 1.165) is 24.4 Å². The minimum absolute atomic E-state index is 0.453. The average Bonchev–Trinajstić information content (AvgIpc) is 2.38. The van der Waals surface area contributed by atoms with Crippen LogP contribution >= 0.6 is 11.6 Å². The number of nitrogens with zero attached hydrogens (tertiary/aromatic N) is 2. The first kappa shape index (κ1) is 10.5. The zero-order chi connectivity index (χ0) is 9.84. The summed E-state index contributed by atoms with van der Waals surface area (Å²) in [4.78, 5) is 4.27. The van der Waals surface area contributed by atoms with E-state index in [1.807, 2.05) is 11.6 Å². The number of aryl methyl sites for hydroxylation is 1. The lowest BCUT2D eigenvalue weighted by Crippen LogP contribution is -2.06. The van der Waals surface area contributed by atoms with Crippen LogP contribution in [0.5, 0.6) is 0 Å². The topological polar surface area (TPSA) is 43.8 Å². The van der Waals surface area contributed by atoms with Crippen molar-refractivity contribution in [2.24, 2.45) is 12.8 Å². The fourth-order valence-electron chi connectivity index (χ4n) is 1.33. The van der Waals surface area contributed by atoms with E-state index in [1.165, 1.54) is 6.42 Å². The largest absolute Gasteiger partial charge is 0.333 e. The first-order chi connectivity index (χ1) is 6.20. The molecule has 74 valence electrons. The summed E-state index contributed by atoms with van der Waals surface area (Å²) in [5.74, 6) is 1.03. The summed E-state index contributed by atoms with van der Waals surface area (Å²) in [5, 5.41) is 0.552. The monoisotopic (exact) mass is 201 g/mol. The second-order valence-corrected chi connectivity index (χ2v) is 3.49. The molecule has 3 nitrogen and oxygen atoms in total. The van der Waals surface area contributed by atoms with Crippen LogP contribution in [0.2, 0.25) is 5.15 Å². The maximum Gasteiger partial charge on any atom is 0.151 e. The highest BCUT2D eigenvalue weighted by Gasteiger charge is 2.10. The predicted molar refractivity (Wildman–Crippen MR) is 54.7 cm³/mol. The van der Waals surface area contributed by atoms with Gasteiger partial charge in [-0.05, 0) is 6.42 Å². The van der Waals surface area contributed by atoms with Gasteiger partial charge in [0.15, 0.2) is 5.15 Å².